The number of carbonyl (C=O) groups is 2. The highest BCUT2D eigenvalue weighted by Gasteiger charge is 2.05. The van der Waals surface area contributed by atoms with Crippen LogP contribution in [0.5, 0.6) is 0 Å². The SMILES string of the molecule is CC(=O)NCC(=O)c1cccs1. The Morgan fingerprint density at radius 2 is 2.33 bits per heavy atom. The fraction of sp³-hybridized carbons (Fsp3) is 0.250. The molecule has 0 aliphatic carbocycles. The number of ketones is 1. The molecule has 3 nitrogen and oxygen atoms in total. The largest absolute Gasteiger partial charge is 0.349 e. The van der Waals surface area contributed by atoms with Crippen LogP contribution in [0.3, 0.4) is 0 Å². The third kappa shape index (κ3) is 2.47. The number of hydrogen-bond acceptors (Lipinski definition) is 3. The van der Waals surface area contributed by atoms with E-state index >= 15 is 0 Å². The van der Waals surface area contributed by atoms with Gasteiger partial charge in [-0.15, -0.1) is 11.3 Å². The average Bonchev–Trinajstić information content (AvgIpc) is 2.51. The van der Waals surface area contributed by atoms with Gasteiger partial charge in [0.05, 0.1) is 11.4 Å². The van der Waals surface area contributed by atoms with Crippen LogP contribution >= 0.6 is 11.3 Å². The van der Waals surface area contributed by atoms with Crippen LogP contribution < -0.4 is 5.32 Å². The lowest BCUT2D eigenvalue weighted by molar-refractivity contribution is -0.118. The van der Waals surface area contributed by atoms with E-state index in [1.807, 2.05) is 11.4 Å². The molecule has 0 saturated carbocycles. The summed E-state index contributed by atoms with van der Waals surface area (Å²) < 4.78 is 0. The van der Waals surface area contributed by atoms with E-state index < -0.39 is 0 Å². The molecule has 0 fully saturated rings. The summed E-state index contributed by atoms with van der Waals surface area (Å²) in [6.45, 7) is 1.48. The summed E-state index contributed by atoms with van der Waals surface area (Å²) >= 11 is 1.38. The smallest absolute Gasteiger partial charge is 0.217 e. The molecule has 1 N–H and O–H groups in total. The quantitative estimate of drug-likeness (QED) is 0.712. The Kier molecular flexibility index (Phi) is 2.99. The van der Waals surface area contributed by atoms with E-state index in [0.717, 1.165) is 0 Å². The van der Waals surface area contributed by atoms with Crippen molar-refractivity contribution in [3.63, 3.8) is 0 Å². The van der Waals surface area contributed by atoms with Crippen molar-refractivity contribution >= 4 is 23.0 Å². The van der Waals surface area contributed by atoms with Gasteiger partial charge in [0.2, 0.25) is 5.91 Å². The second-order valence-electron chi connectivity index (χ2n) is 2.31. The van der Waals surface area contributed by atoms with Crippen molar-refractivity contribution < 1.29 is 9.59 Å². The van der Waals surface area contributed by atoms with E-state index in [1.54, 1.807) is 6.07 Å². The van der Waals surface area contributed by atoms with Crippen molar-refractivity contribution in [2.24, 2.45) is 0 Å². The van der Waals surface area contributed by atoms with Crippen LogP contribution in [0.2, 0.25) is 0 Å². The maximum absolute atomic E-state index is 11.2. The zero-order chi connectivity index (χ0) is 8.97. The molecule has 0 aromatic carbocycles. The Hall–Kier alpha value is -1.16. The monoisotopic (exact) mass is 183 g/mol. The minimum atomic E-state index is -0.181. The van der Waals surface area contributed by atoms with E-state index in [2.05, 4.69) is 5.32 Å². The highest BCUT2D eigenvalue weighted by Crippen LogP contribution is 2.08. The van der Waals surface area contributed by atoms with Crippen molar-refractivity contribution in [1.82, 2.24) is 5.32 Å². The van der Waals surface area contributed by atoms with E-state index in [4.69, 9.17) is 0 Å². The number of hydrogen-bond donors (Lipinski definition) is 1. The van der Waals surface area contributed by atoms with Gasteiger partial charge in [0.1, 0.15) is 0 Å². The summed E-state index contributed by atoms with van der Waals surface area (Å²) in [5, 5.41) is 4.29. The van der Waals surface area contributed by atoms with Crippen LogP contribution in [0.25, 0.3) is 0 Å². The van der Waals surface area contributed by atoms with Gasteiger partial charge < -0.3 is 5.32 Å². The first kappa shape index (κ1) is 8.93. The van der Waals surface area contributed by atoms with E-state index in [9.17, 15) is 9.59 Å². The summed E-state index contributed by atoms with van der Waals surface area (Å²) in [5.41, 5.74) is 0. The summed E-state index contributed by atoms with van der Waals surface area (Å²) in [6.07, 6.45) is 0. The molecule has 64 valence electrons. The number of Topliss-reactive ketones (excluding diaryl/α,β-unsaturated/α-hetero) is 1. The van der Waals surface area contributed by atoms with Gasteiger partial charge in [0.15, 0.2) is 5.78 Å². The van der Waals surface area contributed by atoms with Gasteiger partial charge in [0, 0.05) is 6.92 Å². The zero-order valence-corrected chi connectivity index (χ0v) is 7.48. The number of carbonyl (C=O) groups excluding carboxylic acids is 2. The van der Waals surface area contributed by atoms with Crippen LogP contribution in [0.4, 0.5) is 0 Å². The third-order valence-corrected chi connectivity index (χ3v) is 2.20. The van der Waals surface area contributed by atoms with Gasteiger partial charge in [0.25, 0.3) is 0 Å². The molecule has 12 heavy (non-hydrogen) atoms. The maximum Gasteiger partial charge on any atom is 0.217 e. The number of nitrogens with one attached hydrogen (secondary N) is 1. The van der Waals surface area contributed by atoms with Gasteiger partial charge in [-0.05, 0) is 11.4 Å². The van der Waals surface area contributed by atoms with Crippen molar-refractivity contribution in [2.75, 3.05) is 6.54 Å². The normalized spacial score (nSPS) is 9.42. The summed E-state index contributed by atoms with van der Waals surface area (Å²) in [6, 6.07) is 3.56. The van der Waals surface area contributed by atoms with Crippen LogP contribution in [-0.4, -0.2) is 18.2 Å². The molecule has 1 amide bonds. The molecule has 0 aliphatic heterocycles. The Bertz CT molecular complexity index is 279. The fourth-order valence-electron chi connectivity index (χ4n) is 0.729. The van der Waals surface area contributed by atoms with Crippen LogP contribution in [0, 0.1) is 0 Å². The van der Waals surface area contributed by atoms with Gasteiger partial charge >= 0.3 is 0 Å². The maximum atomic E-state index is 11.2. The summed E-state index contributed by atoms with van der Waals surface area (Å²) in [4.78, 5) is 22.3. The van der Waals surface area contributed by atoms with E-state index in [0.29, 0.717) is 4.88 Å². The molecule has 1 aromatic heterocycles. The van der Waals surface area contributed by atoms with Gasteiger partial charge in [-0.25, -0.2) is 0 Å². The molecule has 0 aliphatic rings. The second kappa shape index (κ2) is 4.01. The Balaban J connectivity index is 2.45. The number of amides is 1. The molecule has 0 radical (unpaired) electrons. The van der Waals surface area contributed by atoms with Crippen LogP contribution in [-0.2, 0) is 4.79 Å². The molecular weight excluding hydrogens is 174 g/mol. The first-order valence-corrected chi connectivity index (χ1v) is 4.39. The highest BCUT2D eigenvalue weighted by molar-refractivity contribution is 7.12. The molecule has 0 unspecified atom stereocenters. The topological polar surface area (TPSA) is 46.2 Å². The second-order valence-corrected chi connectivity index (χ2v) is 3.26. The average molecular weight is 183 g/mol. The molecule has 0 saturated heterocycles. The van der Waals surface area contributed by atoms with Gasteiger partial charge in [-0.2, -0.15) is 0 Å². The Morgan fingerprint density at radius 1 is 1.58 bits per heavy atom. The molecule has 4 heteroatoms. The lowest BCUT2D eigenvalue weighted by atomic mass is 10.3. The Morgan fingerprint density at radius 3 is 2.83 bits per heavy atom. The first-order valence-electron chi connectivity index (χ1n) is 3.51. The van der Waals surface area contributed by atoms with Crippen LogP contribution in [0.1, 0.15) is 16.6 Å². The van der Waals surface area contributed by atoms with Gasteiger partial charge in [-0.1, -0.05) is 6.07 Å². The fourth-order valence-corrected chi connectivity index (χ4v) is 1.39. The molecular formula is C8H9NO2S. The summed E-state index contributed by atoms with van der Waals surface area (Å²) in [5.74, 6) is -0.222. The predicted octanol–water partition coefficient (Wildman–Crippen LogP) is 1.07. The van der Waals surface area contributed by atoms with Crippen molar-refractivity contribution in [3.8, 4) is 0 Å². The zero-order valence-electron chi connectivity index (χ0n) is 6.66. The lowest BCUT2D eigenvalue weighted by Gasteiger charge is -1.97. The summed E-state index contributed by atoms with van der Waals surface area (Å²) in [7, 11) is 0. The standard InChI is InChI=1S/C8H9NO2S/c1-6(10)9-5-7(11)8-3-2-4-12-8/h2-4H,5H2,1H3,(H,9,10). The number of thiophene rings is 1. The predicted molar refractivity (Wildman–Crippen MR) is 47.3 cm³/mol. The van der Waals surface area contributed by atoms with Crippen molar-refractivity contribution in [1.29, 1.82) is 0 Å². The minimum Gasteiger partial charge on any atom is -0.349 e. The molecule has 0 atom stereocenters. The van der Waals surface area contributed by atoms with Crippen molar-refractivity contribution in [3.05, 3.63) is 22.4 Å². The third-order valence-electron chi connectivity index (χ3n) is 1.29. The molecule has 0 spiro atoms. The molecule has 1 aromatic rings. The molecule has 1 heterocycles. The first-order chi connectivity index (χ1) is 5.70. The van der Waals surface area contributed by atoms with Gasteiger partial charge in [-0.3, -0.25) is 9.59 Å². The minimum absolute atomic E-state index is 0.0415. The van der Waals surface area contributed by atoms with Crippen molar-refractivity contribution in [2.45, 2.75) is 6.92 Å². The Labute approximate surface area is 74.4 Å². The lowest BCUT2D eigenvalue weighted by Crippen LogP contribution is -2.26. The highest BCUT2D eigenvalue weighted by atomic mass is 32.1. The van der Waals surface area contributed by atoms with E-state index in [1.165, 1.54) is 18.3 Å². The van der Waals surface area contributed by atoms with E-state index in [-0.39, 0.29) is 18.2 Å². The molecule has 0 bridgehead atoms. The molecule has 1 rings (SSSR count). The number of rotatable bonds is 3. The van der Waals surface area contributed by atoms with Crippen LogP contribution in [0.15, 0.2) is 17.5 Å².